The molecule has 0 amide bonds. The highest BCUT2D eigenvalue weighted by atomic mass is 16.3. The first-order valence-corrected chi connectivity index (χ1v) is 9.81. The molecule has 0 heterocycles. The molecular weight excluding hydrogens is 324 g/mol. The molecule has 138 valence electrons. The zero-order valence-electron chi connectivity index (χ0n) is 15.7. The molecule has 3 aliphatic carbocycles. The lowest BCUT2D eigenvalue weighted by atomic mass is 9.49. The minimum Gasteiger partial charge on any atom is -0.385 e. The maximum atomic E-state index is 12.9. The third-order valence-electron chi connectivity index (χ3n) is 7.62. The third kappa shape index (κ3) is 2.29. The SMILES string of the molecule is CC1CC2CC3(C=CC(=O)[C@@](C)(CCC=O)C13)CC2(O)c1ccccc1. The summed E-state index contributed by atoms with van der Waals surface area (Å²) in [5.41, 5.74) is -0.504. The summed E-state index contributed by atoms with van der Waals surface area (Å²) in [6.45, 7) is 4.28. The van der Waals surface area contributed by atoms with Crippen LogP contribution in [0.5, 0.6) is 0 Å². The zero-order chi connectivity index (χ0) is 18.6. The van der Waals surface area contributed by atoms with Crippen LogP contribution in [-0.4, -0.2) is 17.2 Å². The van der Waals surface area contributed by atoms with Crippen molar-refractivity contribution in [1.29, 1.82) is 0 Å². The Morgan fingerprint density at radius 1 is 1.27 bits per heavy atom. The fourth-order valence-corrected chi connectivity index (χ4v) is 6.79. The van der Waals surface area contributed by atoms with E-state index in [0.717, 1.165) is 24.7 Å². The van der Waals surface area contributed by atoms with Crippen LogP contribution in [0.4, 0.5) is 0 Å². The van der Waals surface area contributed by atoms with Crippen LogP contribution in [0.2, 0.25) is 0 Å². The molecule has 0 aromatic heterocycles. The Bertz CT molecular complexity index is 754. The fourth-order valence-electron chi connectivity index (χ4n) is 6.79. The van der Waals surface area contributed by atoms with Gasteiger partial charge in [0.05, 0.1) is 5.60 Å². The lowest BCUT2D eigenvalue weighted by molar-refractivity contribution is -0.135. The standard InChI is InChI=1S/C23H28O3/c1-16-13-18-14-22(15-23(18,26)17-7-4-3-5-8-17)11-9-19(25)21(2,20(16)22)10-6-12-24/h3-5,7-9,11-12,16,18,20,26H,6,10,13-15H2,1-2H3/t16?,18?,20?,21-,22?,23?/m1/s1. The molecule has 5 unspecified atom stereocenters. The molecule has 3 aliphatic rings. The van der Waals surface area contributed by atoms with Crippen molar-refractivity contribution in [3.63, 3.8) is 0 Å². The van der Waals surface area contributed by atoms with Gasteiger partial charge in [-0.3, -0.25) is 4.79 Å². The summed E-state index contributed by atoms with van der Waals surface area (Å²) in [6, 6.07) is 10.0. The fraction of sp³-hybridized carbons (Fsp3) is 0.565. The van der Waals surface area contributed by atoms with E-state index in [2.05, 4.69) is 13.0 Å². The van der Waals surface area contributed by atoms with E-state index in [1.807, 2.05) is 37.3 Å². The Kier molecular flexibility index (Phi) is 4.00. The average Bonchev–Trinajstić information content (AvgIpc) is 2.86. The van der Waals surface area contributed by atoms with Gasteiger partial charge in [0.1, 0.15) is 6.29 Å². The lowest BCUT2D eigenvalue weighted by Crippen LogP contribution is -2.51. The van der Waals surface area contributed by atoms with Crippen LogP contribution in [0.15, 0.2) is 42.5 Å². The van der Waals surface area contributed by atoms with E-state index in [4.69, 9.17) is 0 Å². The number of carbonyl (C=O) groups excluding carboxylic acids is 2. The molecule has 2 fully saturated rings. The predicted octanol–water partition coefficient (Wildman–Crippen LogP) is 4.05. The van der Waals surface area contributed by atoms with Crippen LogP contribution in [0.1, 0.15) is 51.5 Å². The van der Waals surface area contributed by atoms with Crippen molar-refractivity contribution in [3.05, 3.63) is 48.0 Å². The van der Waals surface area contributed by atoms with Crippen molar-refractivity contribution in [1.82, 2.24) is 0 Å². The number of carbonyl (C=O) groups is 2. The zero-order valence-corrected chi connectivity index (χ0v) is 15.7. The smallest absolute Gasteiger partial charge is 0.161 e. The molecule has 0 aliphatic heterocycles. The van der Waals surface area contributed by atoms with Gasteiger partial charge in [0.15, 0.2) is 5.78 Å². The molecule has 1 aromatic carbocycles. The van der Waals surface area contributed by atoms with Crippen LogP contribution in [0.3, 0.4) is 0 Å². The van der Waals surface area contributed by atoms with E-state index >= 15 is 0 Å². The molecule has 4 rings (SSSR count). The van der Waals surface area contributed by atoms with Gasteiger partial charge in [-0.15, -0.1) is 0 Å². The molecule has 6 atom stereocenters. The van der Waals surface area contributed by atoms with Crippen LogP contribution in [0, 0.1) is 28.6 Å². The highest BCUT2D eigenvalue weighted by Gasteiger charge is 2.66. The van der Waals surface area contributed by atoms with E-state index in [1.54, 1.807) is 6.08 Å². The molecule has 26 heavy (non-hydrogen) atoms. The Morgan fingerprint density at radius 3 is 2.69 bits per heavy atom. The first-order valence-electron chi connectivity index (χ1n) is 9.81. The third-order valence-corrected chi connectivity index (χ3v) is 7.62. The van der Waals surface area contributed by atoms with Gasteiger partial charge in [0, 0.05) is 11.8 Å². The first kappa shape index (κ1) is 17.7. The number of allylic oxidation sites excluding steroid dienone is 2. The van der Waals surface area contributed by atoms with Crippen molar-refractivity contribution >= 4 is 12.1 Å². The number of rotatable bonds is 4. The Morgan fingerprint density at radius 2 is 2.00 bits per heavy atom. The number of aldehydes is 1. The molecule has 1 aromatic rings. The van der Waals surface area contributed by atoms with Gasteiger partial charge >= 0.3 is 0 Å². The highest BCUT2D eigenvalue weighted by molar-refractivity contribution is 5.96. The Balaban J connectivity index is 1.79. The summed E-state index contributed by atoms with van der Waals surface area (Å²) >= 11 is 0. The normalized spacial score (nSPS) is 44.0. The monoisotopic (exact) mass is 352 g/mol. The highest BCUT2D eigenvalue weighted by Crippen LogP contribution is 2.69. The van der Waals surface area contributed by atoms with Gasteiger partial charge in [-0.05, 0) is 60.5 Å². The largest absolute Gasteiger partial charge is 0.385 e. The number of aliphatic hydroxyl groups is 1. The lowest BCUT2D eigenvalue weighted by Gasteiger charge is -2.53. The topological polar surface area (TPSA) is 54.4 Å². The van der Waals surface area contributed by atoms with Crippen molar-refractivity contribution < 1.29 is 14.7 Å². The second-order valence-corrected chi connectivity index (χ2v) is 9.11. The number of hydrogen-bond donors (Lipinski definition) is 1. The molecule has 3 nitrogen and oxygen atoms in total. The van der Waals surface area contributed by atoms with Crippen LogP contribution >= 0.6 is 0 Å². The number of ketones is 1. The second kappa shape index (κ2) is 5.88. The minimum absolute atomic E-state index is 0.149. The van der Waals surface area contributed by atoms with Crippen LogP contribution in [0.25, 0.3) is 0 Å². The van der Waals surface area contributed by atoms with Crippen molar-refractivity contribution in [2.45, 2.75) is 51.6 Å². The Hall–Kier alpha value is -1.74. The maximum Gasteiger partial charge on any atom is 0.161 e. The van der Waals surface area contributed by atoms with E-state index in [1.165, 1.54) is 0 Å². The van der Waals surface area contributed by atoms with Gasteiger partial charge in [-0.2, -0.15) is 0 Å². The minimum atomic E-state index is -0.833. The molecule has 1 spiro atoms. The predicted molar refractivity (Wildman–Crippen MR) is 100 cm³/mol. The summed E-state index contributed by atoms with van der Waals surface area (Å²) in [7, 11) is 0. The molecule has 2 bridgehead atoms. The Labute approximate surface area is 155 Å². The molecule has 1 N–H and O–H groups in total. The van der Waals surface area contributed by atoms with Crippen LogP contribution < -0.4 is 0 Å². The van der Waals surface area contributed by atoms with E-state index in [9.17, 15) is 14.7 Å². The van der Waals surface area contributed by atoms with Gasteiger partial charge in [0.25, 0.3) is 0 Å². The summed E-state index contributed by atoms with van der Waals surface area (Å²) in [5, 5.41) is 11.7. The molecule has 0 radical (unpaired) electrons. The summed E-state index contributed by atoms with van der Waals surface area (Å²) in [6.07, 6.45) is 8.31. The van der Waals surface area contributed by atoms with Crippen molar-refractivity contribution in [2.75, 3.05) is 0 Å². The van der Waals surface area contributed by atoms with E-state index in [-0.39, 0.29) is 23.0 Å². The van der Waals surface area contributed by atoms with Crippen LogP contribution in [-0.2, 0) is 15.2 Å². The van der Waals surface area contributed by atoms with Gasteiger partial charge in [-0.25, -0.2) is 0 Å². The van der Waals surface area contributed by atoms with Crippen molar-refractivity contribution in [2.24, 2.45) is 28.6 Å². The quantitative estimate of drug-likeness (QED) is 0.832. The van der Waals surface area contributed by atoms with E-state index in [0.29, 0.717) is 25.2 Å². The summed E-state index contributed by atoms with van der Waals surface area (Å²) in [5.74, 6) is 0.887. The number of fused-ring (bicyclic) bond motifs is 1. The van der Waals surface area contributed by atoms with Gasteiger partial charge in [-0.1, -0.05) is 50.3 Å². The second-order valence-electron chi connectivity index (χ2n) is 9.11. The van der Waals surface area contributed by atoms with Gasteiger partial charge in [0.2, 0.25) is 0 Å². The summed E-state index contributed by atoms with van der Waals surface area (Å²) < 4.78 is 0. The number of benzene rings is 1. The van der Waals surface area contributed by atoms with Gasteiger partial charge < -0.3 is 9.90 Å². The van der Waals surface area contributed by atoms with E-state index < -0.39 is 11.0 Å². The molecule has 3 heteroatoms. The number of hydrogen-bond acceptors (Lipinski definition) is 3. The molecule has 0 saturated heterocycles. The van der Waals surface area contributed by atoms with Crippen molar-refractivity contribution in [3.8, 4) is 0 Å². The summed E-state index contributed by atoms with van der Waals surface area (Å²) in [4.78, 5) is 23.9. The molecule has 2 saturated carbocycles. The maximum absolute atomic E-state index is 12.9. The average molecular weight is 352 g/mol. The first-order chi connectivity index (χ1) is 12.4. The molecular formula is C23H28O3.